The quantitative estimate of drug-likeness (QED) is 0.612. The molecule has 0 unspecified atom stereocenters. The number of rotatable bonds is 7. The van der Waals surface area contributed by atoms with E-state index >= 15 is 0 Å². The molecule has 3 rings (SSSR count). The van der Waals surface area contributed by atoms with Crippen LogP contribution in [-0.2, 0) is 9.53 Å². The number of hydrogen-bond acceptors (Lipinski definition) is 4. The number of nitrogens with one attached hydrogen (secondary N) is 1. The largest absolute Gasteiger partial charge is 0.462 e. The Hall–Kier alpha value is -2.14. The zero-order chi connectivity index (χ0) is 19.2. The van der Waals surface area contributed by atoms with Gasteiger partial charge in [0.1, 0.15) is 10.6 Å². The van der Waals surface area contributed by atoms with Crippen LogP contribution in [-0.4, -0.2) is 18.5 Å². The maximum atomic E-state index is 12.6. The minimum absolute atomic E-state index is 0.0234. The lowest BCUT2D eigenvalue weighted by atomic mass is 10.0. The van der Waals surface area contributed by atoms with Gasteiger partial charge in [-0.15, -0.1) is 11.3 Å². The summed E-state index contributed by atoms with van der Waals surface area (Å²) < 4.78 is 5.25. The topological polar surface area (TPSA) is 55.4 Å². The van der Waals surface area contributed by atoms with Gasteiger partial charge in [-0.05, 0) is 31.7 Å². The summed E-state index contributed by atoms with van der Waals surface area (Å²) in [5.74, 6) is 0.261. The van der Waals surface area contributed by atoms with Gasteiger partial charge in [0.15, 0.2) is 0 Å². The molecule has 1 fully saturated rings. The van der Waals surface area contributed by atoms with Crippen LogP contribution in [0.5, 0.6) is 0 Å². The Bertz CT molecular complexity index is 788. The van der Waals surface area contributed by atoms with Gasteiger partial charge in [-0.25, -0.2) is 4.79 Å². The summed E-state index contributed by atoms with van der Waals surface area (Å²) in [7, 11) is 0. The maximum absolute atomic E-state index is 12.6. The van der Waals surface area contributed by atoms with E-state index < -0.39 is 0 Å². The highest BCUT2D eigenvalue weighted by Crippen LogP contribution is 2.37. The normalized spacial score (nSPS) is 14.3. The van der Waals surface area contributed by atoms with Gasteiger partial charge in [0.2, 0.25) is 5.91 Å². The first-order chi connectivity index (χ1) is 13.1. The molecule has 0 bridgehead atoms. The Morgan fingerprint density at radius 2 is 1.89 bits per heavy atom. The van der Waals surface area contributed by atoms with E-state index in [0.29, 0.717) is 29.5 Å². The van der Waals surface area contributed by atoms with Crippen LogP contribution in [0.3, 0.4) is 0 Å². The average Bonchev–Trinajstić information content (AvgIpc) is 3.31. The lowest BCUT2D eigenvalue weighted by Crippen LogP contribution is -2.15. The summed E-state index contributed by atoms with van der Waals surface area (Å²) in [5, 5.41) is 5.46. The fourth-order valence-electron chi connectivity index (χ4n) is 3.62. The molecule has 1 aliphatic carbocycles. The van der Waals surface area contributed by atoms with Crippen molar-refractivity contribution in [3.05, 3.63) is 40.8 Å². The molecule has 1 amide bonds. The Morgan fingerprint density at radius 3 is 2.56 bits per heavy atom. The van der Waals surface area contributed by atoms with Crippen LogP contribution in [0.4, 0.5) is 5.00 Å². The standard InChI is InChI=1S/C22H27NO3S/c1-3-26-22(25)20-18(17-11-8-15(2)9-12-17)14-27-21(20)23-19(24)13-10-16-6-4-5-7-16/h8-9,11-12,14,16H,3-7,10,13H2,1-2H3,(H,23,24). The summed E-state index contributed by atoms with van der Waals surface area (Å²) in [5.41, 5.74) is 3.38. The number of benzene rings is 1. The van der Waals surface area contributed by atoms with Crippen molar-refractivity contribution in [2.24, 2.45) is 5.92 Å². The number of thiophene rings is 1. The lowest BCUT2D eigenvalue weighted by molar-refractivity contribution is -0.116. The second-order valence-electron chi connectivity index (χ2n) is 7.18. The molecular formula is C22H27NO3S. The van der Waals surface area contributed by atoms with Crippen molar-refractivity contribution in [2.45, 2.75) is 52.4 Å². The SMILES string of the molecule is CCOC(=O)c1c(-c2ccc(C)cc2)csc1NC(=O)CCC1CCCC1. The molecule has 4 nitrogen and oxygen atoms in total. The first-order valence-electron chi connectivity index (χ1n) is 9.74. The fourth-order valence-corrected chi connectivity index (χ4v) is 4.60. The Labute approximate surface area is 164 Å². The molecule has 0 atom stereocenters. The molecular weight excluding hydrogens is 358 g/mol. The Kier molecular flexibility index (Phi) is 6.67. The third-order valence-electron chi connectivity index (χ3n) is 5.14. The number of ether oxygens (including phenoxy) is 1. The Balaban J connectivity index is 1.78. The molecule has 1 aromatic carbocycles. The molecule has 1 N–H and O–H groups in total. The monoisotopic (exact) mass is 385 g/mol. The predicted octanol–water partition coefficient (Wildman–Crippen LogP) is 5.81. The van der Waals surface area contributed by atoms with Crippen LogP contribution in [0.1, 0.15) is 61.4 Å². The van der Waals surface area contributed by atoms with Crippen LogP contribution in [0.15, 0.2) is 29.6 Å². The van der Waals surface area contributed by atoms with Gasteiger partial charge in [-0.1, -0.05) is 55.5 Å². The van der Waals surface area contributed by atoms with E-state index in [0.717, 1.165) is 23.1 Å². The first kappa shape index (κ1) is 19.6. The first-order valence-corrected chi connectivity index (χ1v) is 10.6. The van der Waals surface area contributed by atoms with Crippen molar-refractivity contribution in [3.63, 3.8) is 0 Å². The molecule has 1 saturated carbocycles. The van der Waals surface area contributed by atoms with E-state index in [9.17, 15) is 9.59 Å². The van der Waals surface area contributed by atoms with E-state index in [4.69, 9.17) is 4.74 Å². The fraction of sp³-hybridized carbons (Fsp3) is 0.455. The van der Waals surface area contributed by atoms with Crippen LogP contribution >= 0.6 is 11.3 Å². The highest BCUT2D eigenvalue weighted by atomic mass is 32.1. The molecule has 1 aromatic heterocycles. The average molecular weight is 386 g/mol. The van der Waals surface area contributed by atoms with Crippen LogP contribution < -0.4 is 5.32 Å². The smallest absolute Gasteiger partial charge is 0.341 e. The number of anilines is 1. The van der Waals surface area contributed by atoms with Crippen LogP contribution in [0.25, 0.3) is 11.1 Å². The molecule has 144 valence electrons. The molecule has 1 heterocycles. The molecule has 0 aliphatic heterocycles. The van der Waals surface area contributed by atoms with Gasteiger partial charge >= 0.3 is 5.97 Å². The second kappa shape index (κ2) is 9.18. The number of carbonyl (C=O) groups is 2. The van der Waals surface area contributed by atoms with Gasteiger partial charge in [0.25, 0.3) is 0 Å². The highest BCUT2D eigenvalue weighted by molar-refractivity contribution is 7.15. The van der Waals surface area contributed by atoms with Crippen LogP contribution in [0, 0.1) is 12.8 Å². The Morgan fingerprint density at radius 1 is 1.19 bits per heavy atom. The van der Waals surface area contributed by atoms with Crippen molar-refractivity contribution >= 4 is 28.2 Å². The lowest BCUT2D eigenvalue weighted by Gasteiger charge is -2.10. The minimum Gasteiger partial charge on any atom is -0.462 e. The molecule has 0 saturated heterocycles. The highest BCUT2D eigenvalue weighted by Gasteiger charge is 2.23. The molecule has 5 heteroatoms. The second-order valence-corrected chi connectivity index (χ2v) is 8.06. The summed E-state index contributed by atoms with van der Waals surface area (Å²) >= 11 is 1.38. The number of esters is 1. The van der Waals surface area contributed by atoms with Crippen LogP contribution in [0.2, 0.25) is 0 Å². The zero-order valence-electron chi connectivity index (χ0n) is 16.0. The van der Waals surface area contributed by atoms with Crippen molar-refractivity contribution in [1.29, 1.82) is 0 Å². The molecule has 2 aromatic rings. The number of carbonyl (C=O) groups excluding carboxylic acids is 2. The summed E-state index contributed by atoms with van der Waals surface area (Å²) in [6.07, 6.45) is 6.46. The summed E-state index contributed by atoms with van der Waals surface area (Å²) in [6, 6.07) is 8.02. The van der Waals surface area contributed by atoms with E-state index in [1.165, 1.54) is 37.0 Å². The predicted molar refractivity (Wildman–Crippen MR) is 110 cm³/mol. The van der Waals surface area contributed by atoms with Gasteiger partial charge in [-0.2, -0.15) is 0 Å². The van der Waals surface area contributed by atoms with Gasteiger partial charge < -0.3 is 10.1 Å². The number of aryl methyl sites for hydroxylation is 1. The van der Waals surface area contributed by atoms with Gasteiger partial charge in [0.05, 0.1) is 6.61 Å². The van der Waals surface area contributed by atoms with Crippen molar-refractivity contribution in [3.8, 4) is 11.1 Å². The third-order valence-corrected chi connectivity index (χ3v) is 6.04. The zero-order valence-corrected chi connectivity index (χ0v) is 16.9. The molecule has 27 heavy (non-hydrogen) atoms. The molecule has 0 spiro atoms. The van der Waals surface area contributed by atoms with Crippen molar-refractivity contribution in [2.75, 3.05) is 11.9 Å². The van der Waals surface area contributed by atoms with Gasteiger partial charge in [0, 0.05) is 17.4 Å². The summed E-state index contributed by atoms with van der Waals surface area (Å²) in [4.78, 5) is 25.0. The number of amides is 1. The van der Waals surface area contributed by atoms with E-state index in [1.54, 1.807) is 6.92 Å². The van der Waals surface area contributed by atoms with E-state index in [2.05, 4.69) is 5.32 Å². The molecule has 0 radical (unpaired) electrons. The molecule has 1 aliphatic rings. The number of hydrogen-bond donors (Lipinski definition) is 1. The maximum Gasteiger partial charge on any atom is 0.341 e. The van der Waals surface area contributed by atoms with E-state index in [-0.39, 0.29) is 11.9 Å². The van der Waals surface area contributed by atoms with Crippen molar-refractivity contribution in [1.82, 2.24) is 0 Å². The summed E-state index contributed by atoms with van der Waals surface area (Å²) in [6.45, 7) is 4.12. The minimum atomic E-state index is -0.389. The van der Waals surface area contributed by atoms with Crippen molar-refractivity contribution < 1.29 is 14.3 Å². The third kappa shape index (κ3) is 4.98. The van der Waals surface area contributed by atoms with Gasteiger partial charge in [-0.3, -0.25) is 4.79 Å². The van der Waals surface area contributed by atoms with E-state index in [1.807, 2.05) is 36.6 Å².